The first-order valence-corrected chi connectivity index (χ1v) is 5.09. The summed E-state index contributed by atoms with van der Waals surface area (Å²) in [5.41, 5.74) is 0.740. The number of esters is 1. The quantitative estimate of drug-likeness (QED) is 0.402. The molecule has 0 bridgehead atoms. The minimum absolute atomic E-state index is 0.223. The number of hydrogen-bond donors (Lipinski definition) is 1. The molecule has 0 aromatic rings. The van der Waals surface area contributed by atoms with Crippen molar-refractivity contribution < 1.29 is 9.53 Å². The molecule has 82 valence electrons. The van der Waals surface area contributed by atoms with Crippen LogP contribution < -0.4 is 5.32 Å². The zero-order chi connectivity index (χ0) is 11.0. The number of methoxy groups -OCH3 is 1. The third-order valence-electron chi connectivity index (χ3n) is 1.87. The Labute approximate surface area is 86.5 Å². The second-order valence-electron chi connectivity index (χ2n) is 3.63. The van der Waals surface area contributed by atoms with Crippen LogP contribution in [0.1, 0.15) is 27.2 Å². The maximum Gasteiger partial charge on any atom is 0.333 e. The van der Waals surface area contributed by atoms with Gasteiger partial charge in [0.1, 0.15) is 0 Å². The van der Waals surface area contributed by atoms with Gasteiger partial charge in [-0.05, 0) is 18.9 Å². The van der Waals surface area contributed by atoms with Crippen molar-refractivity contribution in [3.05, 3.63) is 11.6 Å². The van der Waals surface area contributed by atoms with Crippen LogP contribution in [0.25, 0.3) is 0 Å². The average Bonchev–Trinajstić information content (AvgIpc) is 2.16. The zero-order valence-electron chi connectivity index (χ0n) is 9.59. The van der Waals surface area contributed by atoms with E-state index in [4.69, 9.17) is 0 Å². The third kappa shape index (κ3) is 5.75. The molecular formula is C11H21NO2. The molecule has 1 N–H and O–H groups in total. The molecule has 14 heavy (non-hydrogen) atoms. The summed E-state index contributed by atoms with van der Waals surface area (Å²) in [4.78, 5) is 11.2. The predicted molar refractivity (Wildman–Crippen MR) is 58.1 cm³/mol. The van der Waals surface area contributed by atoms with Gasteiger partial charge in [-0.15, -0.1) is 0 Å². The van der Waals surface area contributed by atoms with Gasteiger partial charge >= 0.3 is 5.97 Å². The second kappa shape index (κ2) is 7.56. The zero-order valence-corrected chi connectivity index (χ0v) is 9.59. The van der Waals surface area contributed by atoms with Gasteiger partial charge in [0.15, 0.2) is 0 Å². The van der Waals surface area contributed by atoms with Crippen LogP contribution in [-0.2, 0) is 9.53 Å². The molecule has 0 aromatic heterocycles. The molecule has 0 amide bonds. The number of carbonyl (C=O) groups excluding carboxylic acids is 1. The Morgan fingerprint density at radius 2 is 2.14 bits per heavy atom. The SMILES string of the molecule is CCC(=CCNCC(C)C)C(=O)OC. The molecule has 0 unspecified atom stereocenters. The van der Waals surface area contributed by atoms with Crippen molar-refractivity contribution >= 4 is 5.97 Å². The number of nitrogens with one attached hydrogen (secondary N) is 1. The molecule has 0 heterocycles. The van der Waals surface area contributed by atoms with Gasteiger partial charge in [0.25, 0.3) is 0 Å². The Morgan fingerprint density at radius 1 is 1.50 bits per heavy atom. The first kappa shape index (κ1) is 13.2. The molecule has 0 rings (SSSR count). The number of ether oxygens (including phenoxy) is 1. The largest absolute Gasteiger partial charge is 0.466 e. The minimum atomic E-state index is -0.223. The molecule has 0 atom stereocenters. The van der Waals surface area contributed by atoms with Crippen molar-refractivity contribution in [2.45, 2.75) is 27.2 Å². The summed E-state index contributed by atoms with van der Waals surface area (Å²) in [7, 11) is 1.41. The molecule has 0 spiro atoms. The summed E-state index contributed by atoms with van der Waals surface area (Å²) in [6, 6.07) is 0. The molecule has 0 aliphatic carbocycles. The van der Waals surface area contributed by atoms with E-state index in [1.54, 1.807) is 0 Å². The molecule has 0 fully saturated rings. The monoisotopic (exact) mass is 199 g/mol. The van der Waals surface area contributed by atoms with Gasteiger partial charge < -0.3 is 10.1 Å². The standard InChI is InChI=1S/C11H21NO2/c1-5-10(11(13)14-4)6-7-12-8-9(2)3/h6,9,12H,5,7-8H2,1-4H3. The van der Waals surface area contributed by atoms with Crippen LogP contribution in [0.15, 0.2) is 11.6 Å². The highest BCUT2D eigenvalue weighted by molar-refractivity contribution is 5.88. The van der Waals surface area contributed by atoms with Crippen molar-refractivity contribution in [3.63, 3.8) is 0 Å². The molecule has 0 saturated carbocycles. The maximum atomic E-state index is 11.2. The van der Waals surface area contributed by atoms with Gasteiger partial charge in [-0.2, -0.15) is 0 Å². The van der Waals surface area contributed by atoms with Gasteiger partial charge in [-0.1, -0.05) is 26.8 Å². The van der Waals surface area contributed by atoms with E-state index < -0.39 is 0 Å². The normalized spacial score (nSPS) is 11.9. The molecule has 0 aliphatic rings. The topological polar surface area (TPSA) is 38.3 Å². The van der Waals surface area contributed by atoms with Crippen LogP contribution >= 0.6 is 0 Å². The summed E-state index contributed by atoms with van der Waals surface area (Å²) < 4.78 is 4.65. The van der Waals surface area contributed by atoms with Crippen molar-refractivity contribution in [1.29, 1.82) is 0 Å². The minimum Gasteiger partial charge on any atom is -0.466 e. The Morgan fingerprint density at radius 3 is 2.57 bits per heavy atom. The molecule has 0 radical (unpaired) electrons. The molecular weight excluding hydrogens is 178 g/mol. The van der Waals surface area contributed by atoms with E-state index in [0.717, 1.165) is 25.1 Å². The maximum absolute atomic E-state index is 11.2. The first-order chi connectivity index (χ1) is 6.61. The molecule has 0 aliphatic heterocycles. The Kier molecular flexibility index (Phi) is 7.11. The first-order valence-electron chi connectivity index (χ1n) is 5.09. The second-order valence-corrected chi connectivity index (χ2v) is 3.63. The van der Waals surface area contributed by atoms with Crippen LogP contribution in [0.4, 0.5) is 0 Å². The predicted octanol–water partition coefficient (Wildman–Crippen LogP) is 1.74. The van der Waals surface area contributed by atoms with Crippen LogP contribution in [0.5, 0.6) is 0 Å². The summed E-state index contributed by atoms with van der Waals surface area (Å²) in [5.74, 6) is 0.408. The molecule has 0 aromatic carbocycles. The lowest BCUT2D eigenvalue weighted by atomic mass is 10.2. The van der Waals surface area contributed by atoms with Gasteiger partial charge in [-0.25, -0.2) is 4.79 Å². The van der Waals surface area contributed by atoms with E-state index in [1.807, 2.05) is 13.0 Å². The third-order valence-corrected chi connectivity index (χ3v) is 1.87. The molecule has 3 heteroatoms. The lowest BCUT2D eigenvalue weighted by molar-refractivity contribution is -0.136. The Balaban J connectivity index is 3.87. The summed E-state index contributed by atoms with van der Waals surface area (Å²) in [6.45, 7) is 7.95. The van der Waals surface area contributed by atoms with Crippen LogP contribution in [-0.4, -0.2) is 26.2 Å². The van der Waals surface area contributed by atoms with Crippen molar-refractivity contribution in [2.24, 2.45) is 5.92 Å². The number of hydrogen-bond acceptors (Lipinski definition) is 3. The lowest BCUT2D eigenvalue weighted by Crippen LogP contribution is -2.20. The smallest absolute Gasteiger partial charge is 0.333 e. The fraction of sp³-hybridized carbons (Fsp3) is 0.727. The van der Waals surface area contributed by atoms with Crippen molar-refractivity contribution in [3.8, 4) is 0 Å². The molecule has 0 saturated heterocycles. The number of carbonyl (C=O) groups is 1. The van der Waals surface area contributed by atoms with E-state index in [2.05, 4.69) is 23.9 Å². The van der Waals surface area contributed by atoms with E-state index >= 15 is 0 Å². The van der Waals surface area contributed by atoms with Crippen LogP contribution in [0.3, 0.4) is 0 Å². The van der Waals surface area contributed by atoms with Crippen molar-refractivity contribution in [2.75, 3.05) is 20.2 Å². The van der Waals surface area contributed by atoms with E-state index in [9.17, 15) is 4.79 Å². The summed E-state index contributed by atoms with van der Waals surface area (Å²) in [5, 5.41) is 3.24. The number of rotatable bonds is 6. The highest BCUT2D eigenvalue weighted by atomic mass is 16.5. The average molecular weight is 199 g/mol. The van der Waals surface area contributed by atoms with Gasteiger partial charge in [0, 0.05) is 12.1 Å². The van der Waals surface area contributed by atoms with Gasteiger partial charge in [-0.3, -0.25) is 0 Å². The van der Waals surface area contributed by atoms with Crippen LogP contribution in [0.2, 0.25) is 0 Å². The van der Waals surface area contributed by atoms with Crippen LogP contribution in [0, 0.1) is 5.92 Å². The van der Waals surface area contributed by atoms with Gasteiger partial charge in [0.2, 0.25) is 0 Å². The lowest BCUT2D eigenvalue weighted by Gasteiger charge is -2.06. The summed E-state index contributed by atoms with van der Waals surface area (Å²) in [6.07, 6.45) is 2.62. The highest BCUT2D eigenvalue weighted by Crippen LogP contribution is 2.01. The fourth-order valence-corrected chi connectivity index (χ4v) is 1.07. The van der Waals surface area contributed by atoms with E-state index in [1.165, 1.54) is 7.11 Å². The fourth-order valence-electron chi connectivity index (χ4n) is 1.07. The highest BCUT2D eigenvalue weighted by Gasteiger charge is 2.05. The van der Waals surface area contributed by atoms with E-state index in [-0.39, 0.29) is 5.97 Å². The van der Waals surface area contributed by atoms with Gasteiger partial charge in [0.05, 0.1) is 7.11 Å². The summed E-state index contributed by atoms with van der Waals surface area (Å²) >= 11 is 0. The Hall–Kier alpha value is -0.830. The van der Waals surface area contributed by atoms with Crippen molar-refractivity contribution in [1.82, 2.24) is 5.32 Å². The molecule has 3 nitrogen and oxygen atoms in total. The van der Waals surface area contributed by atoms with E-state index in [0.29, 0.717) is 5.92 Å². The Bertz CT molecular complexity index is 197.